The van der Waals surface area contributed by atoms with Gasteiger partial charge in [0.15, 0.2) is 0 Å². The van der Waals surface area contributed by atoms with Gasteiger partial charge in [-0.25, -0.2) is 14.4 Å². The van der Waals surface area contributed by atoms with Crippen molar-refractivity contribution in [3.8, 4) is 0 Å². The van der Waals surface area contributed by atoms with Gasteiger partial charge in [-0.2, -0.15) is 0 Å². The van der Waals surface area contributed by atoms with E-state index >= 15 is 0 Å². The van der Waals surface area contributed by atoms with Crippen LogP contribution in [0.5, 0.6) is 0 Å². The number of ketones is 1. The van der Waals surface area contributed by atoms with Gasteiger partial charge in [0.05, 0.1) is 18.6 Å². The standard InChI is InChI=1S/C9H12O4.C4H4O3/c1-5-3-2-4-6(8(10)11)7(5)9(12)13;5-3-1-2-7-4(3)6/h5H,2-4H2,1H3,(H,10,11)(H,12,13);1-2H2. The SMILES string of the molecule is CC1CCCC(C(=O)O)=C1C(=O)O.O=C1CCOC1=O. The number of aliphatic carboxylic acids is 2. The van der Waals surface area contributed by atoms with Crippen molar-refractivity contribution in [1.82, 2.24) is 0 Å². The molecule has 2 rings (SSSR count). The van der Waals surface area contributed by atoms with Crippen molar-refractivity contribution in [2.75, 3.05) is 6.61 Å². The summed E-state index contributed by atoms with van der Waals surface area (Å²) in [5.41, 5.74) is 0.157. The van der Waals surface area contributed by atoms with Crippen LogP contribution in [-0.2, 0) is 23.9 Å². The second-order valence-electron chi connectivity index (χ2n) is 4.60. The van der Waals surface area contributed by atoms with E-state index in [0.717, 1.165) is 12.8 Å². The Bertz CT molecular complexity index is 461. The Morgan fingerprint density at radius 1 is 1.15 bits per heavy atom. The fraction of sp³-hybridized carbons (Fsp3) is 0.538. The van der Waals surface area contributed by atoms with Gasteiger partial charge >= 0.3 is 17.9 Å². The van der Waals surface area contributed by atoms with Gasteiger partial charge in [0.25, 0.3) is 0 Å². The Balaban J connectivity index is 0.000000240. The summed E-state index contributed by atoms with van der Waals surface area (Å²) in [7, 11) is 0. The van der Waals surface area contributed by atoms with E-state index in [1.165, 1.54) is 0 Å². The minimum absolute atomic E-state index is 0.0752. The van der Waals surface area contributed by atoms with E-state index in [1.807, 2.05) is 0 Å². The van der Waals surface area contributed by atoms with Gasteiger partial charge in [-0.05, 0) is 25.2 Å². The van der Waals surface area contributed by atoms with Crippen molar-refractivity contribution in [2.45, 2.75) is 32.6 Å². The van der Waals surface area contributed by atoms with Crippen molar-refractivity contribution in [3.05, 3.63) is 11.1 Å². The quantitative estimate of drug-likeness (QED) is 0.568. The van der Waals surface area contributed by atoms with Crippen molar-refractivity contribution in [2.24, 2.45) is 5.92 Å². The number of rotatable bonds is 2. The average Bonchev–Trinajstić information content (AvgIpc) is 2.73. The van der Waals surface area contributed by atoms with Crippen LogP contribution < -0.4 is 0 Å². The first-order valence-corrected chi connectivity index (χ1v) is 6.24. The molecule has 0 aromatic carbocycles. The Morgan fingerprint density at radius 2 is 1.80 bits per heavy atom. The topological polar surface area (TPSA) is 118 Å². The van der Waals surface area contributed by atoms with Crippen LogP contribution in [0.2, 0.25) is 0 Å². The smallest absolute Gasteiger partial charge is 0.374 e. The molecule has 1 heterocycles. The molecule has 2 aliphatic rings. The molecule has 20 heavy (non-hydrogen) atoms. The highest BCUT2D eigenvalue weighted by atomic mass is 16.5. The number of esters is 1. The molecule has 0 bridgehead atoms. The molecule has 0 radical (unpaired) electrons. The molecule has 1 saturated heterocycles. The monoisotopic (exact) mass is 284 g/mol. The number of Topliss-reactive ketones (excluding diaryl/α,β-unsaturated/α-hetero) is 1. The van der Waals surface area contributed by atoms with E-state index in [4.69, 9.17) is 10.2 Å². The number of ether oxygens (including phenoxy) is 1. The number of carboxylic acids is 2. The first kappa shape index (κ1) is 15.9. The maximum atomic E-state index is 10.8. The largest absolute Gasteiger partial charge is 0.478 e. The van der Waals surface area contributed by atoms with Crippen LogP contribution in [0.4, 0.5) is 0 Å². The fourth-order valence-electron chi connectivity index (χ4n) is 2.14. The van der Waals surface area contributed by atoms with Gasteiger partial charge < -0.3 is 14.9 Å². The normalized spacial score (nSPS) is 21.9. The molecule has 1 aliphatic heterocycles. The van der Waals surface area contributed by atoms with E-state index in [2.05, 4.69) is 4.74 Å². The van der Waals surface area contributed by atoms with E-state index in [9.17, 15) is 19.2 Å². The zero-order valence-corrected chi connectivity index (χ0v) is 11.0. The molecule has 1 aliphatic carbocycles. The van der Waals surface area contributed by atoms with E-state index in [1.54, 1.807) is 6.92 Å². The number of carbonyl (C=O) groups excluding carboxylic acids is 2. The van der Waals surface area contributed by atoms with Crippen LogP contribution in [0.25, 0.3) is 0 Å². The Kier molecular flexibility index (Phi) is 5.42. The third-order valence-electron chi connectivity index (χ3n) is 3.16. The van der Waals surface area contributed by atoms with Crippen LogP contribution >= 0.6 is 0 Å². The third-order valence-corrected chi connectivity index (χ3v) is 3.16. The molecule has 0 spiro atoms. The van der Waals surface area contributed by atoms with Crippen molar-refractivity contribution >= 4 is 23.7 Å². The van der Waals surface area contributed by atoms with E-state index < -0.39 is 23.7 Å². The lowest BCUT2D eigenvalue weighted by atomic mass is 9.84. The number of cyclic esters (lactones) is 1. The first-order chi connectivity index (χ1) is 9.34. The fourth-order valence-corrected chi connectivity index (χ4v) is 2.14. The Hall–Kier alpha value is -2.18. The van der Waals surface area contributed by atoms with Gasteiger partial charge in [-0.1, -0.05) is 6.92 Å². The molecule has 0 saturated carbocycles. The molecular formula is C13H16O7. The zero-order chi connectivity index (χ0) is 15.3. The lowest BCUT2D eigenvalue weighted by Crippen LogP contribution is -2.20. The molecule has 7 heteroatoms. The van der Waals surface area contributed by atoms with E-state index in [-0.39, 0.29) is 30.1 Å². The number of carbonyl (C=O) groups is 4. The third kappa shape index (κ3) is 3.91. The molecule has 1 fully saturated rings. The lowest BCUT2D eigenvalue weighted by molar-refractivity contribution is -0.146. The maximum Gasteiger partial charge on any atom is 0.374 e. The predicted octanol–water partition coefficient (Wildman–Crippen LogP) is 0.775. The molecule has 0 aromatic heterocycles. The lowest BCUT2D eigenvalue weighted by Gasteiger charge is -2.20. The van der Waals surface area contributed by atoms with Gasteiger partial charge in [-0.3, -0.25) is 4.79 Å². The summed E-state index contributed by atoms with van der Waals surface area (Å²) in [6, 6.07) is 0. The van der Waals surface area contributed by atoms with Crippen LogP contribution in [-0.4, -0.2) is 40.5 Å². The molecule has 110 valence electrons. The highest BCUT2D eigenvalue weighted by molar-refractivity contribution is 6.35. The minimum Gasteiger partial charge on any atom is -0.478 e. The average molecular weight is 284 g/mol. The summed E-state index contributed by atoms with van der Waals surface area (Å²) in [6.45, 7) is 2.03. The molecular weight excluding hydrogens is 268 g/mol. The van der Waals surface area contributed by atoms with Crippen molar-refractivity contribution < 1.29 is 34.1 Å². The first-order valence-electron chi connectivity index (χ1n) is 6.24. The molecule has 2 N–H and O–H groups in total. The maximum absolute atomic E-state index is 10.8. The molecule has 0 aromatic rings. The Labute approximate surface area is 115 Å². The summed E-state index contributed by atoms with van der Waals surface area (Å²) in [4.78, 5) is 41.6. The van der Waals surface area contributed by atoms with Gasteiger partial charge in [0.2, 0.25) is 5.78 Å². The van der Waals surface area contributed by atoms with Crippen molar-refractivity contribution in [1.29, 1.82) is 0 Å². The van der Waals surface area contributed by atoms with Crippen molar-refractivity contribution in [3.63, 3.8) is 0 Å². The Morgan fingerprint density at radius 3 is 2.10 bits per heavy atom. The summed E-state index contributed by atoms with van der Waals surface area (Å²) in [6.07, 6.45) is 2.16. The summed E-state index contributed by atoms with van der Waals surface area (Å²) >= 11 is 0. The molecule has 0 amide bonds. The summed E-state index contributed by atoms with van der Waals surface area (Å²) in [5.74, 6) is -3.41. The minimum atomic E-state index is -1.09. The van der Waals surface area contributed by atoms with Gasteiger partial charge in [-0.15, -0.1) is 0 Å². The summed E-state index contributed by atoms with van der Waals surface area (Å²) in [5, 5.41) is 17.6. The van der Waals surface area contributed by atoms with Crippen LogP contribution in [0.15, 0.2) is 11.1 Å². The van der Waals surface area contributed by atoms with E-state index in [0.29, 0.717) is 6.42 Å². The van der Waals surface area contributed by atoms with Crippen LogP contribution in [0.3, 0.4) is 0 Å². The highest BCUT2D eigenvalue weighted by Gasteiger charge is 2.28. The second kappa shape index (κ2) is 6.83. The van der Waals surface area contributed by atoms with Crippen LogP contribution in [0.1, 0.15) is 32.6 Å². The predicted molar refractivity (Wildman–Crippen MR) is 65.9 cm³/mol. The number of carboxylic acid groups (broad SMARTS) is 2. The molecule has 7 nitrogen and oxygen atoms in total. The number of hydrogen-bond acceptors (Lipinski definition) is 5. The highest BCUT2D eigenvalue weighted by Crippen LogP contribution is 2.29. The van der Waals surface area contributed by atoms with Gasteiger partial charge in [0, 0.05) is 5.57 Å². The van der Waals surface area contributed by atoms with Crippen LogP contribution in [0, 0.1) is 5.92 Å². The number of hydrogen-bond donors (Lipinski definition) is 2. The molecule has 1 atom stereocenters. The zero-order valence-electron chi connectivity index (χ0n) is 11.0. The molecule has 1 unspecified atom stereocenters. The van der Waals surface area contributed by atoms with Gasteiger partial charge in [0.1, 0.15) is 0 Å². The summed E-state index contributed by atoms with van der Waals surface area (Å²) < 4.78 is 4.28. The second-order valence-corrected chi connectivity index (χ2v) is 4.60.